The summed E-state index contributed by atoms with van der Waals surface area (Å²) < 4.78 is 31.0. The highest BCUT2D eigenvalue weighted by Gasteiger charge is 2.22. The van der Waals surface area contributed by atoms with Gasteiger partial charge in [-0.25, -0.2) is 8.42 Å². The van der Waals surface area contributed by atoms with Gasteiger partial charge in [0.2, 0.25) is 15.9 Å². The molecule has 0 saturated heterocycles. The van der Waals surface area contributed by atoms with E-state index in [1.54, 1.807) is 25.1 Å². The van der Waals surface area contributed by atoms with Gasteiger partial charge in [0.25, 0.3) is 0 Å². The lowest BCUT2D eigenvalue weighted by Gasteiger charge is -2.23. The summed E-state index contributed by atoms with van der Waals surface area (Å²) in [5.74, 6) is 0.311. The highest BCUT2D eigenvalue weighted by atomic mass is 35.5. The number of amides is 1. The van der Waals surface area contributed by atoms with Crippen LogP contribution < -0.4 is 14.4 Å². The molecule has 152 valence electrons. The van der Waals surface area contributed by atoms with E-state index in [0.29, 0.717) is 16.3 Å². The van der Waals surface area contributed by atoms with Crippen molar-refractivity contribution in [1.29, 1.82) is 0 Å². The summed E-state index contributed by atoms with van der Waals surface area (Å²) in [6.07, 6.45) is 2.03. The van der Waals surface area contributed by atoms with Crippen molar-refractivity contribution >= 4 is 33.2 Å². The Morgan fingerprint density at radius 1 is 1.18 bits per heavy atom. The lowest BCUT2D eigenvalue weighted by atomic mass is 10.2. The van der Waals surface area contributed by atoms with Crippen molar-refractivity contribution in [2.75, 3.05) is 30.3 Å². The number of hydrogen-bond donors (Lipinski definition) is 1. The number of ether oxygens (including phenoxy) is 1. The number of benzene rings is 2. The maximum Gasteiger partial charge on any atom is 0.240 e. The van der Waals surface area contributed by atoms with E-state index in [9.17, 15) is 13.2 Å². The molecule has 0 radical (unpaired) electrons. The molecule has 0 aliphatic rings. The Hall–Kier alpha value is -2.25. The molecule has 0 aliphatic carbocycles. The van der Waals surface area contributed by atoms with Crippen LogP contribution in [-0.4, -0.2) is 40.3 Å². The molecule has 2 aromatic rings. The first kappa shape index (κ1) is 22.0. The predicted molar refractivity (Wildman–Crippen MR) is 113 cm³/mol. The van der Waals surface area contributed by atoms with Crippen molar-refractivity contribution in [1.82, 2.24) is 5.32 Å². The summed E-state index contributed by atoms with van der Waals surface area (Å²) in [6, 6.07) is 12.6. The van der Waals surface area contributed by atoms with E-state index in [1.807, 2.05) is 24.3 Å². The van der Waals surface area contributed by atoms with Gasteiger partial charge >= 0.3 is 0 Å². The molecular formula is C20H25ClN2O4S. The predicted octanol–water partition coefficient (Wildman–Crippen LogP) is 3.17. The second-order valence-corrected chi connectivity index (χ2v) is 8.74. The zero-order valence-corrected chi connectivity index (χ0v) is 17.8. The summed E-state index contributed by atoms with van der Waals surface area (Å²) >= 11 is 5.93. The maximum absolute atomic E-state index is 12.2. The summed E-state index contributed by atoms with van der Waals surface area (Å²) in [5.41, 5.74) is 2.32. The quantitative estimate of drug-likeness (QED) is 0.627. The third kappa shape index (κ3) is 6.42. The zero-order chi connectivity index (χ0) is 20.7. The Balaban J connectivity index is 1.91. The highest BCUT2D eigenvalue weighted by Crippen LogP contribution is 2.25. The Labute approximate surface area is 171 Å². The topological polar surface area (TPSA) is 75.7 Å². The van der Waals surface area contributed by atoms with Crippen LogP contribution in [0.15, 0.2) is 42.5 Å². The normalized spacial score (nSPS) is 11.1. The Morgan fingerprint density at radius 2 is 1.86 bits per heavy atom. The van der Waals surface area contributed by atoms with E-state index in [4.69, 9.17) is 16.3 Å². The smallest absolute Gasteiger partial charge is 0.240 e. The molecule has 0 heterocycles. The number of nitrogens with zero attached hydrogens (tertiary/aromatic N) is 1. The molecule has 0 saturated carbocycles. The minimum Gasteiger partial charge on any atom is -0.492 e. The van der Waals surface area contributed by atoms with Gasteiger partial charge in [-0.1, -0.05) is 30.7 Å². The fourth-order valence-corrected chi connectivity index (χ4v) is 3.79. The molecule has 0 aromatic heterocycles. The highest BCUT2D eigenvalue weighted by molar-refractivity contribution is 7.92. The maximum atomic E-state index is 12.2. The van der Waals surface area contributed by atoms with Gasteiger partial charge in [0.05, 0.1) is 18.5 Å². The average Bonchev–Trinajstić information content (AvgIpc) is 2.63. The minimum absolute atomic E-state index is 0.269. The van der Waals surface area contributed by atoms with E-state index < -0.39 is 15.9 Å². The molecule has 0 bridgehead atoms. The van der Waals surface area contributed by atoms with Gasteiger partial charge in [0.1, 0.15) is 18.9 Å². The molecule has 0 fully saturated rings. The summed E-state index contributed by atoms with van der Waals surface area (Å²) in [6.45, 7) is 4.07. The Bertz CT molecular complexity index is 914. The van der Waals surface area contributed by atoms with Gasteiger partial charge in [0, 0.05) is 5.02 Å². The number of halogens is 1. The van der Waals surface area contributed by atoms with Crippen LogP contribution in [0.25, 0.3) is 0 Å². The van der Waals surface area contributed by atoms with E-state index in [2.05, 4.69) is 12.2 Å². The van der Waals surface area contributed by atoms with Crippen LogP contribution in [-0.2, 0) is 21.2 Å². The van der Waals surface area contributed by atoms with E-state index in [-0.39, 0.29) is 19.7 Å². The molecule has 8 heteroatoms. The van der Waals surface area contributed by atoms with Crippen molar-refractivity contribution in [3.05, 3.63) is 58.6 Å². The molecule has 2 rings (SSSR count). The average molecular weight is 425 g/mol. The summed E-state index contributed by atoms with van der Waals surface area (Å²) in [4.78, 5) is 12.2. The van der Waals surface area contributed by atoms with Crippen LogP contribution >= 0.6 is 11.6 Å². The molecule has 0 atom stereocenters. The van der Waals surface area contributed by atoms with Crippen LogP contribution in [0.1, 0.15) is 18.1 Å². The lowest BCUT2D eigenvalue weighted by molar-refractivity contribution is -0.119. The van der Waals surface area contributed by atoms with Crippen LogP contribution in [0, 0.1) is 6.92 Å². The van der Waals surface area contributed by atoms with Gasteiger partial charge in [0.15, 0.2) is 0 Å². The first-order valence-electron chi connectivity index (χ1n) is 8.93. The van der Waals surface area contributed by atoms with Crippen LogP contribution in [0.2, 0.25) is 5.02 Å². The first-order chi connectivity index (χ1) is 13.2. The molecule has 0 spiro atoms. The van der Waals surface area contributed by atoms with Crippen LogP contribution in [0.4, 0.5) is 5.69 Å². The minimum atomic E-state index is -3.63. The van der Waals surface area contributed by atoms with Crippen molar-refractivity contribution in [2.24, 2.45) is 0 Å². The Morgan fingerprint density at radius 3 is 2.43 bits per heavy atom. The molecule has 6 nitrogen and oxygen atoms in total. The van der Waals surface area contributed by atoms with Crippen molar-refractivity contribution < 1.29 is 17.9 Å². The van der Waals surface area contributed by atoms with E-state index in [1.165, 1.54) is 5.56 Å². The zero-order valence-electron chi connectivity index (χ0n) is 16.2. The second kappa shape index (κ2) is 9.80. The molecule has 2 aromatic carbocycles. The van der Waals surface area contributed by atoms with Gasteiger partial charge < -0.3 is 10.1 Å². The SMILES string of the molecule is CCc1ccc(OCCNC(=O)CN(c2ccc(Cl)cc2C)S(C)(=O)=O)cc1. The third-order valence-electron chi connectivity index (χ3n) is 4.14. The molecule has 0 aliphatic heterocycles. The number of sulfonamides is 1. The van der Waals surface area contributed by atoms with Crippen LogP contribution in [0.5, 0.6) is 5.75 Å². The van der Waals surface area contributed by atoms with Gasteiger partial charge in [-0.3, -0.25) is 9.10 Å². The number of carbonyl (C=O) groups is 1. The molecule has 28 heavy (non-hydrogen) atoms. The van der Waals surface area contributed by atoms with E-state index in [0.717, 1.165) is 22.7 Å². The fraction of sp³-hybridized carbons (Fsp3) is 0.350. The van der Waals surface area contributed by atoms with E-state index >= 15 is 0 Å². The second-order valence-electron chi connectivity index (χ2n) is 6.40. The number of hydrogen-bond acceptors (Lipinski definition) is 4. The van der Waals surface area contributed by atoms with Crippen molar-refractivity contribution in [3.63, 3.8) is 0 Å². The molecular weight excluding hydrogens is 400 g/mol. The standard InChI is InChI=1S/C20H25ClN2O4S/c1-4-16-5-8-18(9-6-16)27-12-11-22-20(24)14-23(28(3,25)26)19-10-7-17(21)13-15(19)2/h5-10,13H,4,11-12,14H2,1-3H3,(H,22,24). The van der Waals surface area contributed by atoms with Gasteiger partial charge in [-0.2, -0.15) is 0 Å². The third-order valence-corrected chi connectivity index (χ3v) is 5.50. The number of aryl methyl sites for hydroxylation is 2. The fourth-order valence-electron chi connectivity index (χ4n) is 2.65. The van der Waals surface area contributed by atoms with Gasteiger partial charge in [-0.05, 0) is 54.8 Å². The Kier molecular flexibility index (Phi) is 7.71. The van der Waals surface area contributed by atoms with Crippen LogP contribution in [0.3, 0.4) is 0 Å². The summed E-state index contributed by atoms with van der Waals surface area (Å²) in [7, 11) is -3.63. The van der Waals surface area contributed by atoms with Crippen molar-refractivity contribution in [2.45, 2.75) is 20.3 Å². The largest absolute Gasteiger partial charge is 0.492 e. The lowest BCUT2D eigenvalue weighted by Crippen LogP contribution is -2.41. The molecule has 0 unspecified atom stereocenters. The van der Waals surface area contributed by atoms with Gasteiger partial charge in [-0.15, -0.1) is 0 Å². The molecule has 1 amide bonds. The number of nitrogens with one attached hydrogen (secondary N) is 1. The van der Waals surface area contributed by atoms with Crippen molar-refractivity contribution in [3.8, 4) is 5.75 Å². The number of carbonyl (C=O) groups excluding carboxylic acids is 1. The summed E-state index contributed by atoms with van der Waals surface area (Å²) in [5, 5.41) is 3.19. The first-order valence-corrected chi connectivity index (χ1v) is 11.2. The number of rotatable bonds is 9. The molecule has 1 N–H and O–H groups in total. The number of anilines is 1. The monoisotopic (exact) mass is 424 g/mol.